The van der Waals surface area contributed by atoms with Gasteiger partial charge >= 0.3 is 0 Å². The van der Waals surface area contributed by atoms with Gasteiger partial charge in [0.1, 0.15) is 0 Å². The number of nitrogens with one attached hydrogen (secondary N) is 1. The fraction of sp³-hybridized carbons (Fsp3) is 0.200. The third-order valence-corrected chi connectivity index (χ3v) is 1.16. The van der Waals surface area contributed by atoms with Gasteiger partial charge in [0.2, 0.25) is 6.41 Å². The first kappa shape index (κ1) is 6.60. The molecule has 0 unspecified atom stereocenters. The molecule has 1 aromatic rings. The van der Waals surface area contributed by atoms with Gasteiger partial charge in [0, 0.05) is 7.05 Å². The molecule has 0 spiro atoms. The van der Waals surface area contributed by atoms with Crippen molar-refractivity contribution in [1.82, 2.24) is 10.2 Å². The second-order valence-corrected chi connectivity index (χ2v) is 1.89. The topological polar surface area (TPSA) is 75.0 Å². The summed E-state index contributed by atoms with van der Waals surface area (Å²) in [7, 11) is 1.59. The van der Waals surface area contributed by atoms with Gasteiger partial charge in [0.25, 0.3) is 0 Å². The number of anilines is 2. The van der Waals surface area contributed by atoms with E-state index in [1.807, 2.05) is 0 Å². The van der Waals surface area contributed by atoms with Gasteiger partial charge in [0.05, 0.1) is 11.9 Å². The quantitative estimate of drug-likeness (QED) is 0.548. The molecule has 0 aliphatic rings. The van der Waals surface area contributed by atoms with E-state index >= 15 is 0 Å². The molecule has 0 aromatic carbocycles. The van der Waals surface area contributed by atoms with Crippen molar-refractivity contribution in [2.45, 2.75) is 0 Å². The molecule has 1 amide bonds. The lowest BCUT2D eigenvalue weighted by Gasteiger charge is -2.06. The Labute approximate surface area is 57.8 Å². The van der Waals surface area contributed by atoms with E-state index in [4.69, 9.17) is 5.73 Å². The summed E-state index contributed by atoms with van der Waals surface area (Å²) < 4.78 is 0. The molecule has 54 valence electrons. The first-order valence-corrected chi connectivity index (χ1v) is 2.72. The van der Waals surface area contributed by atoms with Crippen molar-refractivity contribution >= 4 is 17.9 Å². The molecule has 0 fully saturated rings. The number of carbonyl (C=O) groups is 1. The zero-order valence-corrected chi connectivity index (χ0v) is 5.53. The van der Waals surface area contributed by atoms with Gasteiger partial charge in [0.15, 0.2) is 5.82 Å². The average molecular weight is 140 g/mol. The predicted molar refractivity (Wildman–Crippen MR) is 37.5 cm³/mol. The summed E-state index contributed by atoms with van der Waals surface area (Å²) in [6.45, 7) is 0. The van der Waals surface area contributed by atoms with Crippen LogP contribution in [-0.2, 0) is 4.79 Å². The van der Waals surface area contributed by atoms with Crippen LogP contribution in [0, 0.1) is 0 Å². The summed E-state index contributed by atoms with van der Waals surface area (Å²) in [5.74, 6) is 0.523. The maximum atomic E-state index is 10.2. The Morgan fingerprint density at radius 3 is 3.00 bits per heavy atom. The van der Waals surface area contributed by atoms with Crippen molar-refractivity contribution in [2.24, 2.45) is 0 Å². The zero-order valence-electron chi connectivity index (χ0n) is 5.53. The lowest BCUT2D eigenvalue weighted by molar-refractivity contribution is -0.107. The molecular formula is C5H8N4O. The van der Waals surface area contributed by atoms with Crippen LogP contribution in [0.25, 0.3) is 0 Å². The van der Waals surface area contributed by atoms with Crippen molar-refractivity contribution in [1.29, 1.82) is 0 Å². The number of hydrogen-bond acceptors (Lipinski definition) is 3. The number of hydrogen-bond donors (Lipinski definition) is 2. The van der Waals surface area contributed by atoms with Gasteiger partial charge in [-0.1, -0.05) is 0 Å². The van der Waals surface area contributed by atoms with E-state index in [0.29, 0.717) is 17.9 Å². The van der Waals surface area contributed by atoms with E-state index in [9.17, 15) is 4.79 Å². The van der Waals surface area contributed by atoms with E-state index < -0.39 is 0 Å². The number of rotatable bonds is 2. The predicted octanol–water partition coefficient (Wildman–Crippen LogP) is -0.416. The number of nitrogens with two attached hydrogens (primary N) is 1. The highest BCUT2D eigenvalue weighted by atomic mass is 16.1. The minimum atomic E-state index is 0.467. The molecule has 0 atom stereocenters. The summed E-state index contributed by atoms with van der Waals surface area (Å²) >= 11 is 0. The first-order chi connectivity index (χ1) is 4.75. The van der Waals surface area contributed by atoms with Crippen LogP contribution in [0.2, 0.25) is 0 Å². The van der Waals surface area contributed by atoms with Crippen LogP contribution in [0.3, 0.4) is 0 Å². The molecular weight excluding hydrogens is 132 g/mol. The molecule has 1 heterocycles. The highest BCUT2D eigenvalue weighted by Gasteiger charge is 2.03. The molecule has 0 radical (unpaired) electrons. The maximum absolute atomic E-state index is 10.2. The Bertz CT molecular complexity index is 231. The monoisotopic (exact) mass is 140 g/mol. The van der Waals surface area contributed by atoms with E-state index in [0.717, 1.165) is 0 Å². The molecule has 1 rings (SSSR count). The number of nitrogens with zero attached hydrogens (tertiary/aromatic N) is 2. The molecule has 3 N–H and O–H groups in total. The second kappa shape index (κ2) is 2.38. The number of carbonyl (C=O) groups excluding carboxylic acids is 1. The number of aromatic nitrogens is 2. The normalized spacial score (nSPS) is 9.30. The van der Waals surface area contributed by atoms with Crippen LogP contribution in [0.1, 0.15) is 0 Å². The molecule has 0 aliphatic heterocycles. The van der Waals surface area contributed by atoms with Crippen LogP contribution in [0.4, 0.5) is 11.5 Å². The molecule has 0 aliphatic carbocycles. The third-order valence-electron chi connectivity index (χ3n) is 1.16. The van der Waals surface area contributed by atoms with Gasteiger partial charge in [-0.3, -0.25) is 9.89 Å². The summed E-state index contributed by atoms with van der Waals surface area (Å²) in [4.78, 5) is 11.5. The molecule has 5 heteroatoms. The summed E-state index contributed by atoms with van der Waals surface area (Å²) in [5, 5.41) is 6.22. The fourth-order valence-electron chi connectivity index (χ4n) is 0.624. The Morgan fingerprint density at radius 2 is 2.60 bits per heavy atom. The van der Waals surface area contributed by atoms with Crippen LogP contribution >= 0.6 is 0 Å². The molecule has 0 bridgehead atoms. The second-order valence-electron chi connectivity index (χ2n) is 1.89. The van der Waals surface area contributed by atoms with E-state index in [1.165, 1.54) is 11.1 Å². The first-order valence-electron chi connectivity index (χ1n) is 2.72. The molecule has 1 aromatic heterocycles. The minimum absolute atomic E-state index is 0.467. The summed E-state index contributed by atoms with van der Waals surface area (Å²) in [5.41, 5.74) is 5.89. The van der Waals surface area contributed by atoms with E-state index in [2.05, 4.69) is 10.2 Å². The van der Waals surface area contributed by atoms with Crippen molar-refractivity contribution in [3.8, 4) is 0 Å². The summed E-state index contributed by atoms with van der Waals surface area (Å²) in [6.07, 6.45) is 2.11. The number of H-pyrrole nitrogens is 1. The van der Waals surface area contributed by atoms with Crippen LogP contribution in [0.5, 0.6) is 0 Å². The van der Waals surface area contributed by atoms with Crippen LogP contribution in [0.15, 0.2) is 6.20 Å². The number of amides is 1. The Hall–Kier alpha value is -1.52. The molecule has 10 heavy (non-hydrogen) atoms. The van der Waals surface area contributed by atoms with Crippen molar-refractivity contribution in [3.63, 3.8) is 0 Å². The fourth-order valence-corrected chi connectivity index (χ4v) is 0.624. The largest absolute Gasteiger partial charge is 0.394 e. The van der Waals surface area contributed by atoms with Gasteiger partial charge in [-0.25, -0.2) is 0 Å². The lowest BCUT2D eigenvalue weighted by atomic mass is 10.5. The molecule has 5 nitrogen and oxygen atoms in total. The van der Waals surface area contributed by atoms with Crippen LogP contribution in [-0.4, -0.2) is 23.7 Å². The SMILES string of the molecule is CN(C=O)c1[nH]ncc1N. The van der Waals surface area contributed by atoms with Crippen molar-refractivity contribution < 1.29 is 4.79 Å². The Kier molecular flexibility index (Phi) is 1.57. The Morgan fingerprint density at radius 1 is 1.90 bits per heavy atom. The smallest absolute Gasteiger partial charge is 0.215 e. The third kappa shape index (κ3) is 0.928. The van der Waals surface area contributed by atoms with Crippen molar-refractivity contribution in [3.05, 3.63) is 6.20 Å². The maximum Gasteiger partial charge on any atom is 0.215 e. The van der Waals surface area contributed by atoms with Crippen molar-refractivity contribution in [2.75, 3.05) is 17.7 Å². The molecule has 0 saturated heterocycles. The zero-order chi connectivity index (χ0) is 7.56. The highest BCUT2D eigenvalue weighted by Crippen LogP contribution is 2.14. The number of nitrogen functional groups attached to an aromatic ring is 1. The minimum Gasteiger partial charge on any atom is -0.394 e. The van der Waals surface area contributed by atoms with E-state index in [-0.39, 0.29) is 0 Å². The Balaban J connectivity index is 2.92. The van der Waals surface area contributed by atoms with Gasteiger partial charge in [-0.2, -0.15) is 5.10 Å². The summed E-state index contributed by atoms with van der Waals surface area (Å²) in [6, 6.07) is 0. The number of aromatic amines is 1. The van der Waals surface area contributed by atoms with E-state index in [1.54, 1.807) is 7.05 Å². The standard InChI is InChI=1S/C5H8N4O/c1-9(3-10)5-4(6)2-7-8-5/h2-3H,6H2,1H3,(H,7,8). The lowest BCUT2D eigenvalue weighted by Crippen LogP contribution is -2.15. The van der Waals surface area contributed by atoms with Crippen LogP contribution < -0.4 is 10.6 Å². The molecule has 0 saturated carbocycles. The van der Waals surface area contributed by atoms with Gasteiger partial charge in [-0.05, 0) is 0 Å². The van der Waals surface area contributed by atoms with Gasteiger partial charge < -0.3 is 10.6 Å². The average Bonchev–Trinajstić information content (AvgIpc) is 2.34. The van der Waals surface area contributed by atoms with Gasteiger partial charge in [-0.15, -0.1) is 0 Å². The highest BCUT2D eigenvalue weighted by molar-refractivity contribution is 5.78.